The minimum Gasteiger partial charge on any atom is -0.490 e. The Hall–Kier alpha value is -2.28. The molecule has 7 nitrogen and oxygen atoms in total. The molecule has 0 unspecified atom stereocenters. The van der Waals surface area contributed by atoms with Crippen molar-refractivity contribution in [3.63, 3.8) is 0 Å². The molecule has 22 heavy (non-hydrogen) atoms. The molecule has 1 aliphatic rings. The summed E-state index contributed by atoms with van der Waals surface area (Å²) in [6.45, 7) is 2.10. The molecule has 0 saturated carbocycles. The molecule has 0 spiro atoms. The molecule has 0 fully saturated rings. The molecule has 0 aromatic heterocycles. The number of hydrogen-bond acceptors (Lipinski definition) is 5. The molecule has 0 atom stereocenters. The van der Waals surface area contributed by atoms with Crippen molar-refractivity contribution in [2.45, 2.75) is 12.8 Å². The maximum atomic E-state index is 10.9. The van der Waals surface area contributed by atoms with Gasteiger partial charge in [-0.05, 0) is 30.7 Å². The van der Waals surface area contributed by atoms with Gasteiger partial charge in [-0.3, -0.25) is 9.59 Å². The first-order valence-electron chi connectivity index (χ1n) is 7.21. The van der Waals surface area contributed by atoms with Gasteiger partial charge in [0.1, 0.15) is 18.9 Å². The molecule has 1 aromatic carbocycles. The predicted octanol–water partition coefficient (Wildman–Crippen LogP) is 0.577. The topological polar surface area (TPSA) is 99.1 Å². The van der Waals surface area contributed by atoms with Crippen LogP contribution in [0.3, 0.4) is 0 Å². The first-order valence-corrected chi connectivity index (χ1v) is 7.21. The van der Waals surface area contributed by atoms with Gasteiger partial charge in [-0.2, -0.15) is 0 Å². The number of carbonyl (C=O) groups is 2. The van der Waals surface area contributed by atoms with Gasteiger partial charge in [0.15, 0.2) is 0 Å². The fourth-order valence-electron chi connectivity index (χ4n) is 2.35. The Labute approximate surface area is 128 Å². The Kier molecular flexibility index (Phi) is 5.60. The zero-order valence-corrected chi connectivity index (χ0v) is 12.2. The lowest BCUT2D eigenvalue weighted by atomic mass is 10.1. The normalized spacial score (nSPS) is 13.4. The van der Waals surface area contributed by atoms with E-state index in [1.54, 1.807) is 4.90 Å². The van der Waals surface area contributed by atoms with Crippen molar-refractivity contribution in [2.24, 2.45) is 0 Å². The largest absolute Gasteiger partial charge is 0.490 e. The van der Waals surface area contributed by atoms with Crippen molar-refractivity contribution in [3.05, 3.63) is 23.8 Å². The summed E-state index contributed by atoms with van der Waals surface area (Å²) in [7, 11) is 0. The highest BCUT2D eigenvalue weighted by atomic mass is 16.5. The molecule has 7 heteroatoms. The van der Waals surface area contributed by atoms with Gasteiger partial charge in [-0.15, -0.1) is 0 Å². The molecule has 0 bridgehead atoms. The average Bonchev–Trinajstić information content (AvgIpc) is 2.46. The summed E-state index contributed by atoms with van der Waals surface area (Å²) in [5, 5.41) is 20.6. The molecule has 1 heterocycles. The Morgan fingerprint density at radius 3 is 2.77 bits per heavy atom. The summed E-state index contributed by atoms with van der Waals surface area (Å²) in [5.74, 6) is -0.980. The van der Waals surface area contributed by atoms with Crippen LogP contribution in [-0.4, -0.2) is 54.9 Å². The lowest BCUT2D eigenvalue weighted by Crippen LogP contribution is -2.36. The smallest absolute Gasteiger partial charge is 0.323 e. The van der Waals surface area contributed by atoms with E-state index < -0.39 is 11.9 Å². The van der Waals surface area contributed by atoms with Crippen molar-refractivity contribution in [2.75, 3.05) is 37.7 Å². The van der Waals surface area contributed by atoms with Crippen LogP contribution in [0.4, 0.5) is 5.69 Å². The van der Waals surface area contributed by atoms with Crippen LogP contribution in [0.5, 0.6) is 5.75 Å². The number of nitrogens with zero attached hydrogens (tertiary/aromatic N) is 1. The lowest BCUT2D eigenvalue weighted by Gasteiger charge is -2.30. The van der Waals surface area contributed by atoms with Crippen LogP contribution >= 0.6 is 0 Å². The molecular weight excluding hydrogens is 288 g/mol. The van der Waals surface area contributed by atoms with Gasteiger partial charge >= 0.3 is 11.9 Å². The number of aliphatic carboxylic acids is 2. The maximum absolute atomic E-state index is 10.9. The third-order valence-corrected chi connectivity index (χ3v) is 3.42. The van der Waals surface area contributed by atoms with Gasteiger partial charge in [0.05, 0.1) is 18.7 Å². The number of hydrogen-bond donors (Lipinski definition) is 3. The summed E-state index contributed by atoms with van der Waals surface area (Å²) >= 11 is 0. The lowest BCUT2D eigenvalue weighted by molar-refractivity contribution is -0.137. The second-order valence-electron chi connectivity index (χ2n) is 5.11. The Morgan fingerprint density at radius 2 is 2.05 bits per heavy atom. The van der Waals surface area contributed by atoms with Crippen molar-refractivity contribution in [1.29, 1.82) is 0 Å². The number of benzene rings is 1. The van der Waals surface area contributed by atoms with Crippen molar-refractivity contribution in [3.8, 4) is 5.75 Å². The van der Waals surface area contributed by atoms with Crippen LogP contribution in [0.15, 0.2) is 18.2 Å². The molecule has 3 N–H and O–H groups in total. The third-order valence-electron chi connectivity index (χ3n) is 3.42. The van der Waals surface area contributed by atoms with E-state index >= 15 is 0 Å². The van der Waals surface area contributed by atoms with Crippen LogP contribution < -0.4 is 15.0 Å². The predicted molar refractivity (Wildman–Crippen MR) is 80.6 cm³/mol. The molecule has 2 rings (SSSR count). The SMILES string of the molecule is O=C(O)CCNCCc1ccc2c(c1)N(CC(=O)O)CCO2. The van der Waals surface area contributed by atoms with Crippen LogP contribution in [0, 0.1) is 0 Å². The minimum atomic E-state index is -0.867. The zero-order chi connectivity index (χ0) is 15.9. The van der Waals surface area contributed by atoms with Crippen LogP contribution in [0.25, 0.3) is 0 Å². The van der Waals surface area contributed by atoms with Gasteiger partial charge in [0, 0.05) is 6.54 Å². The molecule has 0 radical (unpaired) electrons. The molecule has 120 valence electrons. The van der Waals surface area contributed by atoms with Crippen LogP contribution in [-0.2, 0) is 16.0 Å². The average molecular weight is 308 g/mol. The highest BCUT2D eigenvalue weighted by molar-refractivity contribution is 5.75. The fourth-order valence-corrected chi connectivity index (χ4v) is 2.35. The number of carboxylic acid groups (broad SMARTS) is 2. The molecule has 1 aromatic rings. The van der Waals surface area contributed by atoms with E-state index in [2.05, 4.69) is 5.32 Å². The van der Waals surface area contributed by atoms with E-state index in [1.807, 2.05) is 18.2 Å². The first kappa shape index (κ1) is 16.1. The fraction of sp³-hybridized carbons (Fsp3) is 0.467. The van der Waals surface area contributed by atoms with E-state index in [-0.39, 0.29) is 13.0 Å². The standard InChI is InChI=1S/C15H20N2O5/c18-14(19)4-6-16-5-3-11-1-2-13-12(9-11)17(7-8-22-13)10-15(20)21/h1-2,9,16H,3-8,10H2,(H,18,19)(H,20,21). The Morgan fingerprint density at radius 1 is 1.23 bits per heavy atom. The van der Waals surface area contributed by atoms with Gasteiger partial charge < -0.3 is 25.2 Å². The van der Waals surface area contributed by atoms with Gasteiger partial charge in [0.25, 0.3) is 0 Å². The summed E-state index contributed by atoms with van der Waals surface area (Å²) in [6.07, 6.45) is 0.845. The van der Waals surface area contributed by atoms with Gasteiger partial charge in [0.2, 0.25) is 0 Å². The van der Waals surface area contributed by atoms with Gasteiger partial charge in [-0.25, -0.2) is 0 Å². The zero-order valence-electron chi connectivity index (χ0n) is 12.2. The number of nitrogens with one attached hydrogen (secondary N) is 1. The number of ether oxygens (including phenoxy) is 1. The van der Waals surface area contributed by atoms with Gasteiger partial charge in [-0.1, -0.05) is 6.07 Å². The van der Waals surface area contributed by atoms with Crippen molar-refractivity contribution < 1.29 is 24.5 Å². The third kappa shape index (κ3) is 4.63. The first-order chi connectivity index (χ1) is 10.6. The monoisotopic (exact) mass is 308 g/mol. The van der Waals surface area contributed by atoms with E-state index in [9.17, 15) is 9.59 Å². The summed E-state index contributed by atoms with van der Waals surface area (Å²) in [6, 6.07) is 5.74. The highest BCUT2D eigenvalue weighted by Gasteiger charge is 2.20. The number of rotatable bonds is 8. The number of carboxylic acids is 2. The molecule has 1 aliphatic heterocycles. The van der Waals surface area contributed by atoms with E-state index in [0.29, 0.717) is 32.0 Å². The second kappa shape index (κ2) is 7.65. The highest BCUT2D eigenvalue weighted by Crippen LogP contribution is 2.32. The van der Waals surface area contributed by atoms with Crippen molar-refractivity contribution >= 4 is 17.6 Å². The molecule has 0 amide bonds. The van der Waals surface area contributed by atoms with E-state index in [1.165, 1.54) is 0 Å². The summed E-state index contributed by atoms with van der Waals surface area (Å²) in [5.41, 5.74) is 1.86. The van der Waals surface area contributed by atoms with Crippen LogP contribution in [0.2, 0.25) is 0 Å². The quantitative estimate of drug-likeness (QED) is 0.604. The minimum absolute atomic E-state index is 0.0450. The van der Waals surface area contributed by atoms with Crippen molar-refractivity contribution in [1.82, 2.24) is 5.32 Å². The Balaban J connectivity index is 1.94. The van der Waals surface area contributed by atoms with E-state index in [4.69, 9.17) is 14.9 Å². The number of anilines is 1. The summed E-state index contributed by atoms with van der Waals surface area (Å²) in [4.78, 5) is 23.1. The summed E-state index contributed by atoms with van der Waals surface area (Å²) < 4.78 is 5.54. The molecular formula is C15H20N2O5. The molecule has 0 aliphatic carbocycles. The molecule has 0 saturated heterocycles. The second-order valence-corrected chi connectivity index (χ2v) is 5.11. The van der Waals surface area contributed by atoms with E-state index in [0.717, 1.165) is 17.7 Å². The van der Waals surface area contributed by atoms with Crippen LogP contribution in [0.1, 0.15) is 12.0 Å². The number of fused-ring (bicyclic) bond motifs is 1. The maximum Gasteiger partial charge on any atom is 0.323 e. The Bertz CT molecular complexity index is 547.